The molecule has 2 aromatic rings. The monoisotopic (exact) mass is 539 g/mol. The van der Waals surface area contributed by atoms with Gasteiger partial charge >= 0.3 is 0 Å². The number of sulfonamides is 1. The number of benzene rings is 2. The molecule has 2 aromatic carbocycles. The molecule has 3 amide bonds. The van der Waals surface area contributed by atoms with E-state index in [1.807, 2.05) is 6.92 Å². The summed E-state index contributed by atoms with van der Waals surface area (Å²) in [5.74, 6) is -1.47. The van der Waals surface area contributed by atoms with Gasteiger partial charge in [-0.25, -0.2) is 12.7 Å². The van der Waals surface area contributed by atoms with Gasteiger partial charge in [0, 0.05) is 36.1 Å². The first-order valence-electron chi connectivity index (χ1n) is 11.3. The van der Waals surface area contributed by atoms with Gasteiger partial charge in [0.05, 0.1) is 5.56 Å². The molecule has 0 saturated heterocycles. The molecule has 1 atom stereocenters. The number of hydrogen-bond acceptors (Lipinski definition) is 5. The Kier molecular flexibility index (Phi) is 8.79. The lowest BCUT2D eigenvalue weighted by Gasteiger charge is -2.31. The van der Waals surface area contributed by atoms with Crippen molar-refractivity contribution in [2.75, 3.05) is 13.1 Å². The Hall–Kier alpha value is -2.62. The number of fused-ring (bicyclic) bond motifs is 1. The van der Waals surface area contributed by atoms with Gasteiger partial charge in [-0.05, 0) is 42.7 Å². The normalized spacial score (nSPS) is 15.0. The molecule has 8 nitrogen and oxygen atoms in total. The standard InChI is InChI=1S/C24H27Cl2N3O5S/c1-3-12-27-23(31)20(4-2)28(15-16-9-10-17(25)14-19(16)26)22(30)11-13-29-24(32)18-7-5-6-8-21(18)35(29,33)34/h5-10,14,20H,3-4,11-13,15H2,1-2H3,(H,27,31). The third kappa shape index (κ3) is 5.79. The largest absolute Gasteiger partial charge is 0.354 e. The molecule has 0 bridgehead atoms. The molecule has 188 valence electrons. The minimum absolute atomic E-state index is 0.0216. The van der Waals surface area contributed by atoms with Gasteiger partial charge in [-0.1, -0.05) is 55.2 Å². The zero-order valence-electron chi connectivity index (χ0n) is 19.5. The number of hydrogen-bond donors (Lipinski definition) is 1. The van der Waals surface area contributed by atoms with Gasteiger partial charge in [-0.2, -0.15) is 0 Å². The third-order valence-corrected chi connectivity index (χ3v) is 8.16. The van der Waals surface area contributed by atoms with E-state index in [1.165, 1.54) is 23.1 Å². The van der Waals surface area contributed by atoms with Gasteiger partial charge in [0.25, 0.3) is 15.9 Å². The number of halogens is 2. The lowest BCUT2D eigenvalue weighted by Crippen LogP contribution is -2.49. The van der Waals surface area contributed by atoms with Gasteiger partial charge in [0.2, 0.25) is 11.8 Å². The molecular weight excluding hydrogens is 513 g/mol. The van der Waals surface area contributed by atoms with Crippen molar-refractivity contribution in [3.8, 4) is 0 Å². The molecule has 35 heavy (non-hydrogen) atoms. The van der Waals surface area contributed by atoms with E-state index in [1.54, 1.807) is 31.2 Å². The van der Waals surface area contributed by atoms with Gasteiger partial charge in [-0.3, -0.25) is 14.4 Å². The molecule has 1 unspecified atom stereocenters. The van der Waals surface area contributed by atoms with Crippen LogP contribution in [-0.4, -0.2) is 54.5 Å². The summed E-state index contributed by atoms with van der Waals surface area (Å²) in [6.45, 7) is 3.84. The summed E-state index contributed by atoms with van der Waals surface area (Å²) in [6, 6.07) is 9.98. The van der Waals surface area contributed by atoms with E-state index in [-0.39, 0.29) is 35.9 Å². The van der Waals surface area contributed by atoms with Crippen molar-refractivity contribution in [2.24, 2.45) is 0 Å². The molecular formula is C24H27Cl2N3O5S. The molecule has 0 aromatic heterocycles. The number of rotatable bonds is 10. The van der Waals surface area contributed by atoms with Crippen LogP contribution in [0.3, 0.4) is 0 Å². The van der Waals surface area contributed by atoms with E-state index >= 15 is 0 Å². The Labute approximate surface area is 215 Å². The lowest BCUT2D eigenvalue weighted by molar-refractivity contribution is -0.141. The molecule has 0 radical (unpaired) electrons. The predicted molar refractivity (Wildman–Crippen MR) is 134 cm³/mol. The fraction of sp³-hybridized carbons (Fsp3) is 0.375. The molecule has 1 aliphatic heterocycles. The van der Waals surface area contributed by atoms with Crippen molar-refractivity contribution in [3.63, 3.8) is 0 Å². The number of carbonyl (C=O) groups is 3. The maximum atomic E-state index is 13.4. The van der Waals surface area contributed by atoms with Crippen molar-refractivity contribution in [1.82, 2.24) is 14.5 Å². The first-order valence-corrected chi connectivity index (χ1v) is 13.5. The van der Waals surface area contributed by atoms with E-state index < -0.39 is 27.9 Å². The Bertz CT molecular complexity index is 1240. The maximum Gasteiger partial charge on any atom is 0.269 e. The second-order valence-corrected chi connectivity index (χ2v) is 10.8. The van der Waals surface area contributed by atoms with Crippen molar-refractivity contribution >= 4 is 50.9 Å². The molecule has 0 saturated carbocycles. The second-order valence-electron chi connectivity index (χ2n) is 8.10. The summed E-state index contributed by atoms with van der Waals surface area (Å²) in [6.07, 6.45) is 0.773. The van der Waals surface area contributed by atoms with Gasteiger partial charge in [-0.15, -0.1) is 0 Å². The lowest BCUT2D eigenvalue weighted by atomic mass is 10.1. The van der Waals surface area contributed by atoms with Crippen LogP contribution in [0.15, 0.2) is 47.4 Å². The van der Waals surface area contributed by atoms with E-state index in [0.29, 0.717) is 32.9 Å². The van der Waals surface area contributed by atoms with Crippen LogP contribution in [0.5, 0.6) is 0 Å². The number of nitrogens with zero attached hydrogens (tertiary/aromatic N) is 2. The average Bonchev–Trinajstić information content (AvgIpc) is 3.02. The maximum absolute atomic E-state index is 13.4. The van der Waals surface area contributed by atoms with Crippen molar-refractivity contribution in [1.29, 1.82) is 0 Å². The Morgan fingerprint density at radius 2 is 1.83 bits per heavy atom. The Balaban J connectivity index is 1.84. The number of amides is 3. The summed E-state index contributed by atoms with van der Waals surface area (Å²) in [7, 11) is -4.04. The zero-order chi connectivity index (χ0) is 25.8. The summed E-state index contributed by atoms with van der Waals surface area (Å²) < 4.78 is 26.4. The fourth-order valence-electron chi connectivity index (χ4n) is 3.91. The predicted octanol–water partition coefficient (Wildman–Crippen LogP) is 3.86. The minimum Gasteiger partial charge on any atom is -0.354 e. The highest BCUT2D eigenvalue weighted by molar-refractivity contribution is 7.90. The van der Waals surface area contributed by atoms with E-state index in [9.17, 15) is 22.8 Å². The molecule has 0 fully saturated rings. The summed E-state index contributed by atoms with van der Waals surface area (Å²) in [4.78, 5) is 40.3. The molecule has 3 rings (SSSR count). The molecule has 0 spiro atoms. The van der Waals surface area contributed by atoms with Crippen LogP contribution < -0.4 is 5.32 Å². The second kappa shape index (κ2) is 11.4. The first kappa shape index (κ1) is 27.0. The van der Waals surface area contributed by atoms with Crippen LogP contribution >= 0.6 is 23.2 Å². The van der Waals surface area contributed by atoms with Gasteiger partial charge in [0.15, 0.2) is 0 Å². The average molecular weight is 540 g/mol. The van der Waals surface area contributed by atoms with Gasteiger partial charge < -0.3 is 10.2 Å². The zero-order valence-corrected chi connectivity index (χ0v) is 21.8. The van der Waals surface area contributed by atoms with Crippen LogP contribution in [0.25, 0.3) is 0 Å². The topological polar surface area (TPSA) is 104 Å². The highest BCUT2D eigenvalue weighted by Gasteiger charge is 2.41. The SMILES string of the molecule is CCCNC(=O)C(CC)N(Cc1ccc(Cl)cc1Cl)C(=O)CCN1C(=O)c2ccccc2S1(=O)=O. The van der Waals surface area contributed by atoms with E-state index in [4.69, 9.17) is 23.2 Å². The summed E-state index contributed by atoms with van der Waals surface area (Å²) in [5, 5.41) is 3.58. The van der Waals surface area contributed by atoms with Crippen LogP contribution in [0, 0.1) is 0 Å². The summed E-state index contributed by atoms with van der Waals surface area (Å²) in [5.41, 5.74) is 0.665. The molecule has 11 heteroatoms. The molecule has 1 aliphatic rings. The van der Waals surface area contributed by atoms with Crippen molar-refractivity contribution in [3.05, 3.63) is 63.6 Å². The highest BCUT2D eigenvalue weighted by atomic mass is 35.5. The van der Waals surface area contributed by atoms with Crippen LogP contribution in [-0.2, 0) is 26.2 Å². The van der Waals surface area contributed by atoms with Crippen LogP contribution in [0.4, 0.5) is 0 Å². The molecule has 1 N–H and O–H groups in total. The van der Waals surface area contributed by atoms with Crippen molar-refractivity contribution < 1.29 is 22.8 Å². The van der Waals surface area contributed by atoms with E-state index in [2.05, 4.69) is 5.32 Å². The number of carbonyl (C=O) groups excluding carboxylic acids is 3. The minimum atomic E-state index is -4.04. The molecule has 1 heterocycles. The quantitative estimate of drug-likeness (QED) is 0.493. The van der Waals surface area contributed by atoms with E-state index in [0.717, 1.165) is 6.42 Å². The van der Waals surface area contributed by atoms with Gasteiger partial charge in [0.1, 0.15) is 10.9 Å². The van der Waals surface area contributed by atoms with Crippen LogP contribution in [0.2, 0.25) is 10.0 Å². The first-order chi connectivity index (χ1) is 16.6. The third-order valence-electron chi connectivity index (χ3n) is 5.73. The Morgan fingerprint density at radius 3 is 2.46 bits per heavy atom. The smallest absolute Gasteiger partial charge is 0.269 e. The molecule has 0 aliphatic carbocycles. The van der Waals surface area contributed by atoms with Crippen molar-refractivity contribution in [2.45, 2.75) is 50.6 Å². The van der Waals surface area contributed by atoms with Crippen LogP contribution in [0.1, 0.15) is 49.0 Å². The fourth-order valence-corrected chi connectivity index (χ4v) is 5.95. The number of nitrogens with one attached hydrogen (secondary N) is 1. The highest BCUT2D eigenvalue weighted by Crippen LogP contribution is 2.30. The summed E-state index contributed by atoms with van der Waals surface area (Å²) >= 11 is 12.3. The Morgan fingerprint density at radius 1 is 1.11 bits per heavy atom.